The summed E-state index contributed by atoms with van der Waals surface area (Å²) >= 11 is 8.29. The molecule has 0 bridgehead atoms. The molecule has 674 valence electrons. The van der Waals surface area contributed by atoms with Crippen molar-refractivity contribution in [1.29, 1.82) is 0 Å². The van der Waals surface area contributed by atoms with Gasteiger partial charge in [0.05, 0.1) is 0 Å². The van der Waals surface area contributed by atoms with Gasteiger partial charge < -0.3 is 8.83 Å². The van der Waals surface area contributed by atoms with Crippen LogP contribution in [-0.4, -0.2) is 92.9 Å². The van der Waals surface area contributed by atoms with Gasteiger partial charge in [-0.1, -0.05) is 146 Å². The first-order valence-corrected chi connectivity index (χ1v) is 50.1. The molecule has 5 heterocycles. The Kier molecular flexibility index (Phi) is 24.1. The Morgan fingerprint density at radius 3 is 0.951 bits per heavy atom. The van der Waals surface area contributed by atoms with E-state index in [4.69, 9.17) is 53.7 Å². The minimum atomic E-state index is 0.605. The van der Waals surface area contributed by atoms with Crippen LogP contribution in [0.2, 0.25) is 0 Å². The molecule has 5 aromatic heterocycles. The van der Waals surface area contributed by atoms with Crippen LogP contribution in [0.15, 0.2) is 494 Å². The standard InChI is InChI=1S/2C43H27N3OSe.C43H29N3Se/c48-40-29(27-13-3-1-4-14-27)20-11-21-33(40)32-25-26-34(31-18-8-7-17-30(31)32)42-44-41(28-15-5-2-6-16-28)45-43(46-42)36-22-12-24-38-39(36)35-19-9-10-23-37(35)47-38;48-39-22-7-5-16-34(39)30-14-8-13-28(25-30)32-18-9-15-29-26-31(23-24-33(29)32)42-44-41(27-11-2-1-3-12-27)45-43(46-42)36-19-10-21-38-40(36)35-17-4-6-20-37(35)47-38;47-40-38(35-19-10-18-32(26-35)29-12-4-1-5-13-29)20-11-21-39(40)36-24-22-34-28-37(25-23-33(34)27-36)43-45-41(30-14-6-2-7-15-30)44-42(46-43)31-16-8-3-9-17-31/h2*1-26,48H;1-28,47H. The Bertz CT molecular complexity index is 9280. The van der Waals surface area contributed by atoms with Crippen LogP contribution in [-0.2, 0) is 0 Å². The van der Waals surface area contributed by atoms with Crippen LogP contribution in [0.1, 0.15) is 0 Å². The zero-order valence-electron chi connectivity index (χ0n) is 76.9. The summed E-state index contributed by atoms with van der Waals surface area (Å²) in [5.74, 6) is 5.68. The number of aromatic nitrogens is 9. The number of furan rings is 2. The van der Waals surface area contributed by atoms with Crippen molar-refractivity contribution in [2.24, 2.45) is 0 Å². The van der Waals surface area contributed by atoms with Gasteiger partial charge in [-0.05, 0) is 24.3 Å². The van der Waals surface area contributed by atoms with Crippen LogP contribution in [0, 0.1) is 0 Å². The third-order valence-electron chi connectivity index (χ3n) is 26.2. The zero-order chi connectivity index (χ0) is 95.6. The van der Waals surface area contributed by atoms with Gasteiger partial charge in [-0.25, -0.2) is 4.98 Å². The molecule has 11 nitrogen and oxygen atoms in total. The summed E-state index contributed by atoms with van der Waals surface area (Å²) in [4.78, 5) is 45.2. The molecule has 0 aliphatic heterocycles. The van der Waals surface area contributed by atoms with Crippen LogP contribution < -0.4 is 13.4 Å². The molecule has 21 aromatic carbocycles. The second-order valence-corrected chi connectivity index (χ2v) is 37.9. The number of nitrogens with zero attached hydrogens (tertiary/aromatic N) is 9. The molecule has 0 aliphatic rings. The molecule has 26 rings (SSSR count). The van der Waals surface area contributed by atoms with Gasteiger partial charge in [0.15, 0.2) is 11.6 Å². The molecule has 0 saturated heterocycles. The summed E-state index contributed by atoms with van der Waals surface area (Å²) < 4.78 is 16.0. The number of rotatable bonds is 16. The monoisotopic (exact) mass is 2030 g/mol. The maximum absolute atomic E-state index is 6.23. The van der Waals surface area contributed by atoms with E-state index in [0.717, 1.165) is 126 Å². The first-order valence-electron chi connectivity index (χ1n) is 47.3. The van der Waals surface area contributed by atoms with E-state index in [1.807, 2.05) is 182 Å². The molecule has 0 amide bonds. The minimum absolute atomic E-state index is 0.605. The van der Waals surface area contributed by atoms with E-state index in [1.165, 1.54) is 91.1 Å². The molecule has 0 spiro atoms. The fourth-order valence-corrected chi connectivity index (χ4v) is 21.5. The quantitative estimate of drug-likeness (QED) is 0.0853. The van der Waals surface area contributed by atoms with Crippen molar-refractivity contribution < 1.29 is 8.83 Å². The van der Waals surface area contributed by atoms with Gasteiger partial charge in [0.25, 0.3) is 0 Å². The van der Waals surface area contributed by atoms with Crippen molar-refractivity contribution in [1.82, 2.24) is 44.9 Å². The van der Waals surface area contributed by atoms with Gasteiger partial charge in [-0.2, -0.15) is 0 Å². The Morgan fingerprint density at radius 1 is 0.140 bits per heavy atom. The fraction of sp³-hybridized carbons (Fsp3) is 0. The molecule has 26 aromatic rings. The van der Waals surface area contributed by atoms with Crippen LogP contribution in [0.5, 0.6) is 0 Å². The predicted molar refractivity (Wildman–Crippen MR) is 594 cm³/mol. The van der Waals surface area contributed by atoms with E-state index in [2.05, 4.69) is 351 Å². The normalized spacial score (nSPS) is 11.3. The Morgan fingerprint density at radius 2 is 0.434 bits per heavy atom. The van der Waals surface area contributed by atoms with Gasteiger partial charge in [-0.3, -0.25) is 0 Å². The molecule has 0 N–H and O–H groups in total. The molecule has 0 unspecified atom stereocenters. The van der Waals surface area contributed by atoms with Crippen molar-refractivity contribution in [3.63, 3.8) is 0 Å². The summed E-state index contributed by atoms with van der Waals surface area (Å²) in [7, 11) is 0. The van der Waals surface area contributed by atoms with E-state index >= 15 is 0 Å². The zero-order valence-corrected chi connectivity index (χ0v) is 82.5. The van der Waals surface area contributed by atoms with E-state index in [-0.39, 0.29) is 0 Å². The molecular formula is C129H83N9O2Se3. The summed E-state index contributed by atoms with van der Waals surface area (Å²) in [6.45, 7) is 0. The Labute approximate surface area is 850 Å². The van der Waals surface area contributed by atoms with Crippen LogP contribution in [0.25, 0.3) is 257 Å². The molecule has 0 fully saturated rings. The molecule has 143 heavy (non-hydrogen) atoms. The second kappa shape index (κ2) is 39.1. The first kappa shape index (κ1) is 88.3. The summed E-state index contributed by atoms with van der Waals surface area (Å²) in [5, 5.41) is 10.9. The van der Waals surface area contributed by atoms with Crippen molar-refractivity contribution in [2.45, 2.75) is 0 Å². The summed E-state index contributed by atoms with van der Waals surface area (Å²) in [5.41, 5.74) is 28.5. The van der Waals surface area contributed by atoms with E-state index in [1.54, 1.807) is 0 Å². The Hall–Kier alpha value is -17.4. The first-order chi connectivity index (χ1) is 70.6. The third kappa shape index (κ3) is 17.8. The van der Waals surface area contributed by atoms with Crippen molar-refractivity contribution >= 4 is 138 Å². The third-order valence-corrected chi connectivity index (χ3v) is 29.0. The molecule has 0 atom stereocenters. The van der Waals surface area contributed by atoms with Gasteiger partial charge in [0, 0.05) is 21.9 Å². The van der Waals surface area contributed by atoms with Crippen molar-refractivity contribution in [3.8, 4) is 180 Å². The van der Waals surface area contributed by atoms with Crippen LogP contribution >= 0.6 is 0 Å². The predicted octanol–water partition coefficient (Wildman–Crippen LogP) is 29.1. The van der Waals surface area contributed by atoms with Gasteiger partial charge >= 0.3 is 623 Å². The number of benzene rings is 21. The number of hydrogen-bond acceptors (Lipinski definition) is 11. The number of hydrogen-bond donors (Lipinski definition) is 0. The Balaban J connectivity index is 0.000000116. The van der Waals surface area contributed by atoms with Crippen molar-refractivity contribution in [3.05, 3.63) is 485 Å². The van der Waals surface area contributed by atoms with E-state index in [9.17, 15) is 0 Å². The second-order valence-electron chi connectivity index (χ2n) is 35.0. The van der Waals surface area contributed by atoms with Crippen molar-refractivity contribution in [2.75, 3.05) is 0 Å². The molecular weight excluding hydrogens is 1940 g/mol. The van der Waals surface area contributed by atoms with Gasteiger partial charge in [0.2, 0.25) is 0 Å². The van der Waals surface area contributed by atoms with Gasteiger partial charge in [-0.15, -0.1) is 0 Å². The maximum atomic E-state index is 6.23. The summed E-state index contributed by atoms with van der Waals surface area (Å²) in [6.07, 6.45) is 0. The molecule has 0 saturated carbocycles. The fourth-order valence-electron chi connectivity index (χ4n) is 19.2. The van der Waals surface area contributed by atoms with Crippen LogP contribution in [0.4, 0.5) is 0 Å². The molecule has 14 heteroatoms. The molecule has 0 radical (unpaired) electrons. The average Bonchev–Trinajstić information content (AvgIpc) is 1.60. The number of fused-ring (bicyclic) bond motifs is 9. The van der Waals surface area contributed by atoms with E-state index in [0.29, 0.717) is 52.4 Å². The average molecular weight is 2030 g/mol. The van der Waals surface area contributed by atoms with Crippen LogP contribution in [0.3, 0.4) is 0 Å². The molecule has 0 aliphatic carbocycles. The topological polar surface area (TPSA) is 142 Å². The van der Waals surface area contributed by atoms with Gasteiger partial charge in [0.1, 0.15) is 16.7 Å². The van der Waals surface area contributed by atoms with E-state index < -0.39 is 0 Å². The number of para-hydroxylation sites is 2. The summed E-state index contributed by atoms with van der Waals surface area (Å²) in [6, 6.07) is 168. The SMILES string of the molecule is [SeH]c1c(-c2cccc(-c3ccccc3)c2)cccc1-c1ccc2cc(-c3nc(-c4ccccc4)nc(-c4ccccc4)n3)ccc2c1.[SeH]c1c(-c2ccccc2)cccc1-c1ccc(-c2nc(-c3ccccc3)nc(-c3cccc4oc5ccccc5c34)n2)c2ccccc12.[SeH]c1ccccc1-c1cccc(-c2cccc3cc(-c4nc(-c5ccccc5)nc(-c5cccc6oc7ccccc7c56)n4)ccc23)c1.